The second kappa shape index (κ2) is 5.04. The van der Waals surface area contributed by atoms with Crippen LogP contribution in [0, 0.1) is 6.92 Å². The van der Waals surface area contributed by atoms with Crippen molar-refractivity contribution in [3.63, 3.8) is 0 Å². The van der Waals surface area contributed by atoms with Crippen molar-refractivity contribution in [2.24, 2.45) is 0 Å². The number of hydrogen-bond acceptors (Lipinski definition) is 3. The molecule has 0 saturated carbocycles. The molecule has 0 aliphatic heterocycles. The van der Waals surface area contributed by atoms with E-state index >= 15 is 0 Å². The lowest BCUT2D eigenvalue weighted by atomic mass is 10.3. The van der Waals surface area contributed by atoms with Crippen molar-refractivity contribution in [3.05, 3.63) is 44.3 Å². The van der Waals surface area contributed by atoms with Gasteiger partial charge >= 0.3 is 0 Å². The zero-order valence-electron chi connectivity index (χ0n) is 8.63. The molecular formula is C11H10Cl2N2S. The van der Waals surface area contributed by atoms with Crippen LogP contribution in [0.25, 0.3) is 0 Å². The van der Waals surface area contributed by atoms with Gasteiger partial charge in [-0.3, -0.25) is 0 Å². The number of benzene rings is 1. The van der Waals surface area contributed by atoms with E-state index < -0.39 is 0 Å². The van der Waals surface area contributed by atoms with Crippen molar-refractivity contribution in [1.29, 1.82) is 0 Å². The highest BCUT2D eigenvalue weighted by Gasteiger charge is 2.02. The van der Waals surface area contributed by atoms with Crippen LogP contribution in [-0.4, -0.2) is 4.98 Å². The fourth-order valence-electron chi connectivity index (χ4n) is 1.30. The highest BCUT2D eigenvalue weighted by molar-refractivity contribution is 7.11. The Bertz CT molecular complexity index is 496. The maximum absolute atomic E-state index is 6.03. The molecule has 1 N–H and O–H groups in total. The molecule has 84 valence electrons. The Morgan fingerprint density at radius 3 is 2.88 bits per heavy atom. The first-order valence-corrected chi connectivity index (χ1v) is 6.32. The average Bonchev–Trinajstić information content (AvgIpc) is 2.66. The number of rotatable bonds is 3. The third kappa shape index (κ3) is 2.88. The van der Waals surface area contributed by atoms with Gasteiger partial charge in [0, 0.05) is 16.1 Å². The smallest absolute Gasteiger partial charge is 0.0897 e. The zero-order chi connectivity index (χ0) is 11.5. The van der Waals surface area contributed by atoms with Gasteiger partial charge in [0.1, 0.15) is 0 Å². The average molecular weight is 273 g/mol. The largest absolute Gasteiger partial charge is 0.379 e. The van der Waals surface area contributed by atoms with Gasteiger partial charge in [-0.2, -0.15) is 0 Å². The summed E-state index contributed by atoms with van der Waals surface area (Å²) in [7, 11) is 0. The first-order chi connectivity index (χ1) is 7.65. The van der Waals surface area contributed by atoms with E-state index in [4.69, 9.17) is 23.2 Å². The molecule has 0 atom stereocenters. The Kier molecular flexibility index (Phi) is 3.69. The molecule has 1 aromatic heterocycles. The highest BCUT2D eigenvalue weighted by atomic mass is 35.5. The molecule has 2 nitrogen and oxygen atoms in total. The summed E-state index contributed by atoms with van der Waals surface area (Å²) in [6, 6.07) is 5.37. The number of anilines is 1. The molecule has 0 radical (unpaired) electrons. The number of thiazole rings is 1. The number of nitrogens with zero attached hydrogens (tertiary/aromatic N) is 1. The van der Waals surface area contributed by atoms with Crippen LogP contribution in [0.1, 0.15) is 9.88 Å². The van der Waals surface area contributed by atoms with Gasteiger partial charge in [0.15, 0.2) is 0 Å². The van der Waals surface area contributed by atoms with E-state index in [-0.39, 0.29) is 0 Å². The van der Waals surface area contributed by atoms with E-state index in [0.29, 0.717) is 16.6 Å². The summed E-state index contributed by atoms with van der Waals surface area (Å²) in [5, 5.41) is 5.65. The van der Waals surface area contributed by atoms with Crippen LogP contribution in [0.4, 0.5) is 5.69 Å². The van der Waals surface area contributed by atoms with Crippen molar-refractivity contribution in [1.82, 2.24) is 4.98 Å². The van der Waals surface area contributed by atoms with E-state index in [2.05, 4.69) is 10.3 Å². The predicted molar refractivity (Wildman–Crippen MR) is 70.6 cm³/mol. The monoisotopic (exact) mass is 272 g/mol. The van der Waals surface area contributed by atoms with Gasteiger partial charge < -0.3 is 5.32 Å². The van der Waals surface area contributed by atoms with Gasteiger partial charge in [0.05, 0.1) is 22.3 Å². The SMILES string of the molecule is Cc1ncc(CNc2cc(Cl)ccc2Cl)s1. The maximum Gasteiger partial charge on any atom is 0.0897 e. The van der Waals surface area contributed by atoms with Gasteiger partial charge in [0.2, 0.25) is 0 Å². The van der Waals surface area contributed by atoms with Gasteiger partial charge in [-0.1, -0.05) is 23.2 Å². The lowest BCUT2D eigenvalue weighted by Crippen LogP contribution is -1.97. The summed E-state index contributed by atoms with van der Waals surface area (Å²) >= 11 is 13.6. The molecule has 5 heteroatoms. The van der Waals surface area contributed by atoms with Gasteiger partial charge in [-0.05, 0) is 25.1 Å². The Morgan fingerprint density at radius 1 is 1.38 bits per heavy atom. The lowest BCUT2D eigenvalue weighted by Gasteiger charge is -2.06. The highest BCUT2D eigenvalue weighted by Crippen LogP contribution is 2.26. The zero-order valence-corrected chi connectivity index (χ0v) is 11.0. The first kappa shape index (κ1) is 11.7. The lowest BCUT2D eigenvalue weighted by molar-refractivity contribution is 1.17. The summed E-state index contributed by atoms with van der Waals surface area (Å²) in [6.45, 7) is 2.70. The van der Waals surface area contributed by atoms with Crippen LogP contribution < -0.4 is 5.32 Å². The molecule has 0 amide bonds. The van der Waals surface area contributed by atoms with Crippen molar-refractivity contribution in [3.8, 4) is 0 Å². The second-order valence-corrected chi connectivity index (χ2v) is 5.49. The summed E-state index contributed by atoms with van der Waals surface area (Å²) in [4.78, 5) is 5.36. The Labute approximate surface area is 108 Å². The van der Waals surface area contributed by atoms with E-state index in [1.165, 1.54) is 4.88 Å². The quantitative estimate of drug-likeness (QED) is 0.898. The topological polar surface area (TPSA) is 24.9 Å². The molecule has 0 bridgehead atoms. The van der Waals surface area contributed by atoms with Gasteiger partial charge in [-0.25, -0.2) is 4.98 Å². The maximum atomic E-state index is 6.03. The van der Waals surface area contributed by atoms with Gasteiger partial charge in [0.25, 0.3) is 0 Å². The summed E-state index contributed by atoms with van der Waals surface area (Å²) < 4.78 is 0. The molecule has 1 heterocycles. The van der Waals surface area contributed by atoms with Crippen molar-refractivity contribution in [2.75, 3.05) is 5.32 Å². The third-order valence-corrected chi connectivity index (χ3v) is 3.53. The molecule has 0 aliphatic carbocycles. The van der Waals surface area contributed by atoms with E-state index in [0.717, 1.165) is 10.7 Å². The van der Waals surface area contributed by atoms with E-state index in [1.807, 2.05) is 19.2 Å². The molecule has 1 aromatic carbocycles. The number of nitrogens with one attached hydrogen (secondary N) is 1. The van der Waals surface area contributed by atoms with Crippen LogP contribution >= 0.6 is 34.5 Å². The third-order valence-electron chi connectivity index (χ3n) is 2.05. The molecule has 2 rings (SSSR count). The van der Waals surface area contributed by atoms with Crippen LogP contribution in [0.3, 0.4) is 0 Å². The molecule has 0 saturated heterocycles. The van der Waals surface area contributed by atoms with E-state index in [1.54, 1.807) is 23.5 Å². The summed E-state index contributed by atoms with van der Waals surface area (Å²) in [5.41, 5.74) is 0.847. The fraction of sp³-hybridized carbons (Fsp3) is 0.182. The van der Waals surface area contributed by atoms with Crippen LogP contribution in [0.2, 0.25) is 10.0 Å². The molecule has 0 unspecified atom stereocenters. The minimum absolute atomic E-state index is 0.672. The van der Waals surface area contributed by atoms with Crippen LogP contribution in [0.5, 0.6) is 0 Å². The Morgan fingerprint density at radius 2 is 2.19 bits per heavy atom. The number of halogens is 2. The molecule has 0 spiro atoms. The van der Waals surface area contributed by atoms with Crippen molar-refractivity contribution in [2.45, 2.75) is 13.5 Å². The molecule has 0 fully saturated rings. The van der Waals surface area contributed by atoms with Crippen molar-refractivity contribution >= 4 is 40.2 Å². The van der Waals surface area contributed by atoms with Crippen molar-refractivity contribution < 1.29 is 0 Å². The molecular weight excluding hydrogens is 263 g/mol. The Balaban J connectivity index is 2.07. The minimum Gasteiger partial charge on any atom is -0.379 e. The standard InChI is InChI=1S/C11H10Cl2N2S/c1-7-14-5-9(16-7)6-15-11-4-8(12)2-3-10(11)13/h2-5,15H,6H2,1H3. The number of aryl methyl sites for hydroxylation is 1. The number of hydrogen-bond donors (Lipinski definition) is 1. The minimum atomic E-state index is 0.672. The van der Waals surface area contributed by atoms with E-state index in [9.17, 15) is 0 Å². The second-order valence-electron chi connectivity index (χ2n) is 3.32. The summed E-state index contributed by atoms with van der Waals surface area (Å²) in [6.07, 6.45) is 1.87. The molecule has 0 aliphatic rings. The number of aromatic nitrogens is 1. The Hall–Kier alpha value is -0.770. The fourth-order valence-corrected chi connectivity index (χ4v) is 2.39. The van der Waals surface area contributed by atoms with Crippen LogP contribution in [0.15, 0.2) is 24.4 Å². The van der Waals surface area contributed by atoms with Gasteiger partial charge in [-0.15, -0.1) is 11.3 Å². The molecule has 16 heavy (non-hydrogen) atoms. The normalized spacial score (nSPS) is 10.4. The molecule has 2 aromatic rings. The predicted octanol–water partition coefficient (Wildman–Crippen LogP) is 4.37. The van der Waals surface area contributed by atoms with Crippen LogP contribution in [-0.2, 0) is 6.54 Å². The summed E-state index contributed by atoms with van der Waals surface area (Å²) in [5.74, 6) is 0. The first-order valence-electron chi connectivity index (χ1n) is 4.75.